The number of benzene rings is 2. The predicted molar refractivity (Wildman–Crippen MR) is 100.0 cm³/mol. The number of nitrogens with one attached hydrogen (secondary N) is 1. The van der Waals surface area contributed by atoms with E-state index in [-0.39, 0.29) is 23.6 Å². The minimum Gasteiger partial charge on any atom is -0.485 e. The number of aromatic nitrogens is 2. The van der Waals surface area contributed by atoms with Crippen LogP contribution in [0, 0.1) is 5.82 Å². The van der Waals surface area contributed by atoms with Crippen LogP contribution in [0.3, 0.4) is 0 Å². The zero-order chi connectivity index (χ0) is 19.5. The molecule has 0 spiro atoms. The van der Waals surface area contributed by atoms with Crippen LogP contribution < -0.4 is 14.8 Å². The average Bonchev–Trinajstić information content (AvgIpc) is 3.16. The third kappa shape index (κ3) is 4.09. The van der Waals surface area contributed by atoms with E-state index >= 15 is 0 Å². The van der Waals surface area contributed by atoms with Gasteiger partial charge in [0.15, 0.2) is 11.5 Å². The molecule has 0 radical (unpaired) electrons. The first-order valence-corrected chi connectivity index (χ1v) is 9.41. The topological polar surface area (TPSA) is 86.5 Å². The SMILES string of the molecule is C[C@H](Sc1nnc([C@@H]2COc3ccccc3O2)o1)C(=O)Nc1cccc(F)c1. The highest BCUT2D eigenvalue weighted by molar-refractivity contribution is 8.00. The maximum atomic E-state index is 13.2. The first-order valence-electron chi connectivity index (χ1n) is 8.53. The first-order chi connectivity index (χ1) is 13.6. The highest BCUT2D eigenvalue weighted by Gasteiger charge is 2.28. The summed E-state index contributed by atoms with van der Waals surface area (Å²) < 4.78 is 30.3. The molecule has 1 aromatic heterocycles. The highest BCUT2D eigenvalue weighted by atomic mass is 32.2. The van der Waals surface area contributed by atoms with Gasteiger partial charge in [0.1, 0.15) is 12.4 Å². The van der Waals surface area contributed by atoms with Crippen molar-refractivity contribution in [3.05, 3.63) is 60.2 Å². The quantitative estimate of drug-likeness (QED) is 0.650. The lowest BCUT2D eigenvalue weighted by Crippen LogP contribution is -2.22. The average molecular weight is 401 g/mol. The van der Waals surface area contributed by atoms with E-state index in [1.165, 1.54) is 18.2 Å². The molecular formula is C19H16FN3O4S. The van der Waals surface area contributed by atoms with Gasteiger partial charge in [-0.15, -0.1) is 10.2 Å². The lowest BCUT2D eigenvalue weighted by atomic mass is 10.2. The van der Waals surface area contributed by atoms with Crippen molar-refractivity contribution >= 4 is 23.4 Å². The van der Waals surface area contributed by atoms with Crippen LogP contribution in [0.4, 0.5) is 10.1 Å². The molecule has 0 saturated carbocycles. The lowest BCUT2D eigenvalue weighted by molar-refractivity contribution is -0.115. The Morgan fingerprint density at radius 2 is 2.04 bits per heavy atom. The van der Waals surface area contributed by atoms with Crippen molar-refractivity contribution in [1.82, 2.24) is 10.2 Å². The molecule has 0 bridgehead atoms. The fourth-order valence-electron chi connectivity index (χ4n) is 2.55. The summed E-state index contributed by atoms with van der Waals surface area (Å²) in [5.41, 5.74) is 0.384. The Labute approximate surface area is 164 Å². The van der Waals surface area contributed by atoms with Crippen molar-refractivity contribution in [2.75, 3.05) is 11.9 Å². The molecule has 1 N–H and O–H groups in total. The summed E-state index contributed by atoms with van der Waals surface area (Å²) >= 11 is 1.10. The Balaban J connectivity index is 1.37. The standard InChI is InChI=1S/C19H16FN3O4S/c1-11(17(24)21-13-6-4-5-12(20)9-13)28-19-23-22-18(27-19)16-10-25-14-7-2-3-8-15(14)26-16/h2-9,11,16H,10H2,1H3,(H,21,24)/t11-,16-/m0/s1. The van der Waals surface area contributed by atoms with Gasteiger partial charge in [0, 0.05) is 5.69 Å². The molecule has 4 rings (SSSR count). The Kier molecular flexibility index (Phi) is 5.16. The van der Waals surface area contributed by atoms with Crippen molar-refractivity contribution in [2.24, 2.45) is 0 Å². The van der Waals surface area contributed by atoms with Gasteiger partial charge in [-0.3, -0.25) is 4.79 Å². The number of ether oxygens (including phenoxy) is 2. The molecule has 1 amide bonds. The van der Waals surface area contributed by atoms with Crippen LogP contribution in [-0.2, 0) is 4.79 Å². The van der Waals surface area contributed by atoms with Crippen molar-refractivity contribution in [3.63, 3.8) is 0 Å². The van der Waals surface area contributed by atoms with Crippen molar-refractivity contribution < 1.29 is 23.1 Å². The molecule has 3 aromatic rings. The van der Waals surface area contributed by atoms with E-state index in [9.17, 15) is 9.18 Å². The Morgan fingerprint density at radius 1 is 1.21 bits per heavy atom. The van der Waals surface area contributed by atoms with Gasteiger partial charge in [0.2, 0.25) is 12.0 Å². The van der Waals surface area contributed by atoms with E-state index in [4.69, 9.17) is 13.9 Å². The number of hydrogen-bond acceptors (Lipinski definition) is 7. The van der Waals surface area contributed by atoms with Gasteiger partial charge >= 0.3 is 0 Å². The number of rotatable bonds is 5. The Hall–Kier alpha value is -3.07. The first kappa shape index (κ1) is 18.3. The van der Waals surface area contributed by atoms with Crippen LogP contribution in [0.1, 0.15) is 18.9 Å². The highest BCUT2D eigenvalue weighted by Crippen LogP contribution is 2.36. The summed E-state index contributed by atoms with van der Waals surface area (Å²) in [6, 6.07) is 13.0. The number of amides is 1. The molecule has 1 aliphatic heterocycles. The Morgan fingerprint density at radius 3 is 2.86 bits per heavy atom. The van der Waals surface area contributed by atoms with Gasteiger partial charge in [-0.05, 0) is 37.3 Å². The van der Waals surface area contributed by atoms with Crippen molar-refractivity contribution in [2.45, 2.75) is 23.5 Å². The molecule has 2 heterocycles. The molecule has 2 atom stereocenters. The van der Waals surface area contributed by atoms with Crippen LogP contribution in [0.15, 0.2) is 58.2 Å². The molecule has 2 aromatic carbocycles. The second-order valence-corrected chi connectivity index (χ2v) is 7.32. The van der Waals surface area contributed by atoms with E-state index in [0.717, 1.165) is 11.8 Å². The maximum absolute atomic E-state index is 13.2. The molecule has 9 heteroatoms. The van der Waals surface area contributed by atoms with E-state index in [1.807, 2.05) is 18.2 Å². The fourth-order valence-corrected chi connectivity index (χ4v) is 3.24. The van der Waals surface area contributed by atoms with E-state index in [1.54, 1.807) is 19.1 Å². The number of fused-ring (bicyclic) bond motifs is 1. The largest absolute Gasteiger partial charge is 0.485 e. The molecule has 28 heavy (non-hydrogen) atoms. The van der Waals surface area contributed by atoms with Crippen LogP contribution >= 0.6 is 11.8 Å². The van der Waals surface area contributed by atoms with Crippen LogP contribution in [0.5, 0.6) is 11.5 Å². The molecular weight excluding hydrogens is 385 g/mol. The summed E-state index contributed by atoms with van der Waals surface area (Å²) in [5.74, 6) is 0.816. The van der Waals surface area contributed by atoms with Crippen LogP contribution in [-0.4, -0.2) is 28.0 Å². The molecule has 0 unspecified atom stereocenters. The van der Waals surface area contributed by atoms with E-state index < -0.39 is 17.2 Å². The molecule has 0 fully saturated rings. The molecule has 7 nitrogen and oxygen atoms in total. The number of carbonyl (C=O) groups excluding carboxylic acids is 1. The molecule has 0 aliphatic carbocycles. The zero-order valence-electron chi connectivity index (χ0n) is 14.8. The summed E-state index contributed by atoms with van der Waals surface area (Å²) in [6.45, 7) is 1.94. The number of hydrogen-bond donors (Lipinski definition) is 1. The number of para-hydroxylation sites is 2. The molecule has 144 valence electrons. The third-order valence-corrected chi connectivity index (χ3v) is 4.88. The van der Waals surface area contributed by atoms with Crippen molar-refractivity contribution in [3.8, 4) is 11.5 Å². The number of thioether (sulfide) groups is 1. The second-order valence-electron chi connectivity index (χ2n) is 6.03. The van der Waals surface area contributed by atoms with Gasteiger partial charge in [0.25, 0.3) is 11.1 Å². The number of halogens is 1. The summed E-state index contributed by atoms with van der Waals surface area (Å²) in [4.78, 5) is 12.3. The van der Waals surface area contributed by atoms with Gasteiger partial charge in [-0.25, -0.2) is 4.39 Å². The van der Waals surface area contributed by atoms with Crippen LogP contribution in [0.2, 0.25) is 0 Å². The van der Waals surface area contributed by atoms with Crippen LogP contribution in [0.25, 0.3) is 0 Å². The maximum Gasteiger partial charge on any atom is 0.277 e. The van der Waals surface area contributed by atoms with Gasteiger partial charge in [0.05, 0.1) is 5.25 Å². The minimum atomic E-state index is -0.527. The minimum absolute atomic E-state index is 0.236. The normalized spacial score (nSPS) is 16.4. The summed E-state index contributed by atoms with van der Waals surface area (Å²) in [5, 5.41) is 10.3. The second kappa shape index (κ2) is 7.89. The predicted octanol–water partition coefficient (Wildman–Crippen LogP) is 3.84. The van der Waals surface area contributed by atoms with E-state index in [2.05, 4.69) is 15.5 Å². The molecule has 1 aliphatic rings. The summed E-state index contributed by atoms with van der Waals surface area (Å²) in [6.07, 6.45) is -0.520. The van der Waals surface area contributed by atoms with Gasteiger partial charge < -0.3 is 19.2 Å². The van der Waals surface area contributed by atoms with Gasteiger partial charge in [-0.2, -0.15) is 0 Å². The van der Waals surface area contributed by atoms with Crippen molar-refractivity contribution in [1.29, 1.82) is 0 Å². The molecule has 0 saturated heterocycles. The number of anilines is 1. The Bertz CT molecular complexity index is 997. The zero-order valence-corrected chi connectivity index (χ0v) is 15.6. The fraction of sp³-hybridized carbons (Fsp3) is 0.211. The lowest BCUT2D eigenvalue weighted by Gasteiger charge is -2.23. The van der Waals surface area contributed by atoms with E-state index in [0.29, 0.717) is 17.2 Å². The number of nitrogens with zero attached hydrogens (tertiary/aromatic N) is 2. The monoisotopic (exact) mass is 401 g/mol. The number of carbonyl (C=O) groups is 1. The smallest absolute Gasteiger partial charge is 0.277 e. The third-order valence-electron chi connectivity index (χ3n) is 3.95. The van der Waals surface area contributed by atoms with Gasteiger partial charge in [-0.1, -0.05) is 30.0 Å². The summed E-state index contributed by atoms with van der Waals surface area (Å²) in [7, 11) is 0.